The Hall–Kier alpha value is -0.0000000000000000694. The zero-order valence-electron chi connectivity index (χ0n) is 3.31. The molecule has 5 nitrogen and oxygen atoms in total. The van der Waals surface area contributed by atoms with Crippen LogP contribution in [0.4, 0.5) is 4.70 Å². The van der Waals surface area contributed by atoms with Gasteiger partial charge in [0.05, 0.1) is 0 Å². The van der Waals surface area contributed by atoms with Crippen LogP contribution in [0.5, 0.6) is 0 Å². The zero-order valence-corrected chi connectivity index (χ0v) is 4.21. The molecular weight excluding hydrogens is 128 g/mol. The van der Waals surface area contributed by atoms with E-state index in [4.69, 9.17) is 19.2 Å². The van der Waals surface area contributed by atoms with Crippen molar-refractivity contribution in [1.29, 1.82) is 0 Å². The molecule has 0 aromatic carbocycles. The van der Waals surface area contributed by atoms with Crippen molar-refractivity contribution in [2.75, 3.05) is 0 Å². The van der Waals surface area contributed by atoms with E-state index < -0.39 is 7.82 Å². The molecule has 0 bridgehead atoms. The van der Waals surface area contributed by atoms with Crippen molar-refractivity contribution in [3.8, 4) is 0 Å². The van der Waals surface area contributed by atoms with Gasteiger partial charge in [0.15, 0.2) is 0 Å². The van der Waals surface area contributed by atoms with Crippen molar-refractivity contribution in [3.63, 3.8) is 0 Å². The molecule has 0 rings (SSSR count). The molecule has 0 heterocycles. The summed E-state index contributed by atoms with van der Waals surface area (Å²) in [7, 11) is -4.64. The summed E-state index contributed by atoms with van der Waals surface area (Å²) in [5.41, 5.74) is 0. The summed E-state index contributed by atoms with van der Waals surface area (Å²) < 4.78 is 8.88. The average Bonchev–Trinajstić information content (AvgIpc) is 0.722. The molecule has 0 saturated carbocycles. The maximum Gasteiger partial charge on any atom is 0.466 e. The third-order valence-electron chi connectivity index (χ3n) is 0. The summed E-state index contributed by atoms with van der Waals surface area (Å²) in [6, 6.07) is 0. The Labute approximate surface area is 39.2 Å². The van der Waals surface area contributed by atoms with Crippen LogP contribution in [0, 0.1) is 0 Å². The summed E-state index contributed by atoms with van der Waals surface area (Å²) in [5, 5.41) is 0. The van der Waals surface area contributed by atoms with E-state index >= 15 is 0 Å². The fourth-order valence-corrected chi connectivity index (χ4v) is 0. The van der Waals surface area contributed by atoms with E-state index in [2.05, 4.69) is 0 Å². The maximum atomic E-state index is 8.88. The van der Waals surface area contributed by atoms with Gasteiger partial charge < -0.3 is 20.8 Å². The predicted molar refractivity (Wildman–Crippen MR) is 21.8 cm³/mol. The predicted octanol–water partition coefficient (Wildman–Crippen LogP) is -0.614. The number of halogens is 1. The lowest BCUT2D eigenvalue weighted by atomic mass is 14.0. The lowest BCUT2D eigenvalue weighted by Gasteiger charge is -1.82. The van der Waals surface area contributed by atoms with E-state index in [1.54, 1.807) is 0 Å². The molecule has 0 radical (unpaired) electrons. The fraction of sp³-hybridized carbons (Fsp3) is 0. The average molecular weight is 135 g/mol. The minimum absolute atomic E-state index is 0. The van der Waals surface area contributed by atoms with Gasteiger partial charge in [-0.15, -0.1) is 0 Å². The van der Waals surface area contributed by atoms with Gasteiger partial charge in [0.25, 0.3) is 0 Å². The van der Waals surface area contributed by atoms with Gasteiger partial charge in [-0.25, -0.2) is 4.57 Å². The van der Waals surface area contributed by atoms with Crippen molar-refractivity contribution >= 4 is 7.82 Å². The summed E-state index contributed by atoms with van der Waals surface area (Å²) in [6.07, 6.45) is 0. The number of rotatable bonds is 0. The van der Waals surface area contributed by atoms with Gasteiger partial charge in [0, 0.05) is 0 Å². The molecule has 0 aromatic rings. The number of hydrogen-bond acceptors (Lipinski definition) is 2. The van der Waals surface area contributed by atoms with Crippen LogP contribution in [0.15, 0.2) is 0 Å². The highest BCUT2D eigenvalue weighted by molar-refractivity contribution is 7.45. The molecule has 6 N–H and O–H groups in total. The summed E-state index contributed by atoms with van der Waals surface area (Å²) >= 11 is 0. The van der Waals surface area contributed by atoms with Crippen LogP contribution in [0.25, 0.3) is 0 Å². The molecule has 0 amide bonds. The van der Waals surface area contributed by atoms with Crippen LogP contribution in [0.1, 0.15) is 0 Å². The van der Waals surface area contributed by atoms with Crippen molar-refractivity contribution in [3.05, 3.63) is 0 Å². The first-order chi connectivity index (χ1) is 2.00. The lowest BCUT2D eigenvalue weighted by Crippen LogP contribution is -1.66. The Morgan fingerprint density at radius 2 is 1.14 bits per heavy atom. The van der Waals surface area contributed by atoms with Gasteiger partial charge in [0.1, 0.15) is 0 Å². The first-order valence-corrected chi connectivity index (χ1v) is 2.35. The second-order valence-corrected chi connectivity index (χ2v) is 1.54. The summed E-state index contributed by atoms with van der Waals surface area (Å²) in [4.78, 5) is 21.6. The van der Waals surface area contributed by atoms with Gasteiger partial charge in [-0.3, -0.25) is 4.70 Å². The number of hydrogen-bond donors (Lipinski definition) is 4. The van der Waals surface area contributed by atoms with Gasteiger partial charge in [0.2, 0.25) is 0 Å². The molecular formula is H7FNO4P. The lowest BCUT2D eigenvalue weighted by molar-refractivity contribution is 0.275. The van der Waals surface area contributed by atoms with Crippen molar-refractivity contribution in [1.82, 2.24) is 6.15 Å². The van der Waals surface area contributed by atoms with E-state index in [0.29, 0.717) is 0 Å². The maximum absolute atomic E-state index is 8.88. The van der Waals surface area contributed by atoms with Gasteiger partial charge >= 0.3 is 7.82 Å². The smallest absolute Gasteiger partial charge is 0.344 e. The molecule has 0 atom stereocenters. The van der Waals surface area contributed by atoms with Crippen LogP contribution in [0.3, 0.4) is 0 Å². The van der Waals surface area contributed by atoms with Gasteiger partial charge in [-0.05, 0) is 0 Å². The first-order valence-electron chi connectivity index (χ1n) is 0.783. The molecule has 0 unspecified atom stereocenters. The van der Waals surface area contributed by atoms with E-state index in [1.807, 2.05) is 0 Å². The summed E-state index contributed by atoms with van der Waals surface area (Å²) in [6.45, 7) is 0. The molecule has 48 valence electrons. The van der Waals surface area contributed by atoms with Gasteiger partial charge in [-0.1, -0.05) is 0 Å². The molecule has 0 aliphatic carbocycles. The van der Waals surface area contributed by atoms with E-state index in [-0.39, 0.29) is 10.9 Å². The Kier molecular flexibility index (Phi) is 9.38. The second-order valence-electron chi connectivity index (χ2n) is 0.513. The van der Waals surface area contributed by atoms with Crippen LogP contribution in [-0.4, -0.2) is 14.7 Å². The van der Waals surface area contributed by atoms with Crippen LogP contribution in [-0.2, 0) is 4.57 Å². The Morgan fingerprint density at radius 1 is 1.14 bits per heavy atom. The quantitative estimate of drug-likeness (QED) is 0.331. The van der Waals surface area contributed by atoms with Crippen molar-refractivity contribution in [2.24, 2.45) is 0 Å². The monoisotopic (exact) mass is 135 g/mol. The largest absolute Gasteiger partial charge is 0.466 e. The minimum Gasteiger partial charge on any atom is -0.344 e. The Bertz CT molecular complexity index is 57.8. The Balaban J connectivity index is -0.0000000800. The zero-order chi connectivity index (χ0) is 4.50. The van der Waals surface area contributed by atoms with Crippen molar-refractivity contribution in [2.45, 2.75) is 0 Å². The highest BCUT2D eigenvalue weighted by atomic mass is 31.2. The van der Waals surface area contributed by atoms with E-state index in [0.717, 1.165) is 0 Å². The molecule has 0 aliphatic heterocycles. The van der Waals surface area contributed by atoms with Crippen molar-refractivity contribution < 1.29 is 23.9 Å². The topological polar surface area (TPSA) is 113 Å². The summed E-state index contributed by atoms with van der Waals surface area (Å²) in [5.74, 6) is 0. The second kappa shape index (κ2) is 4.17. The van der Waals surface area contributed by atoms with Crippen LogP contribution < -0.4 is 6.15 Å². The molecule has 0 aromatic heterocycles. The van der Waals surface area contributed by atoms with E-state index in [1.165, 1.54) is 0 Å². The first kappa shape index (κ1) is 15.8. The van der Waals surface area contributed by atoms with Crippen LogP contribution in [0.2, 0.25) is 0 Å². The molecule has 0 spiro atoms. The molecule has 0 saturated heterocycles. The highest BCUT2D eigenvalue weighted by Crippen LogP contribution is 2.25. The molecule has 7 heteroatoms. The van der Waals surface area contributed by atoms with Crippen LogP contribution >= 0.6 is 7.82 Å². The fourth-order valence-electron chi connectivity index (χ4n) is 0. The highest BCUT2D eigenvalue weighted by Gasteiger charge is 2.00. The number of phosphoric acid groups is 1. The Morgan fingerprint density at radius 3 is 1.14 bits per heavy atom. The third-order valence-corrected chi connectivity index (χ3v) is 0. The van der Waals surface area contributed by atoms with E-state index in [9.17, 15) is 0 Å². The third kappa shape index (κ3) is 19899999999999999320469623254548480. The minimum atomic E-state index is -4.64. The van der Waals surface area contributed by atoms with Gasteiger partial charge in [-0.2, -0.15) is 0 Å². The SMILES string of the molecule is F.N.O=P(O)(O)O. The standard InChI is InChI=1S/FH.H3N.H3O4P/c;;1-5(2,3)4/h1H;1H3;(H3,1,2,3,4). The molecule has 0 fully saturated rings. The normalized spacial score (nSPS) is 8.43. The molecule has 0 aliphatic rings. The molecule has 7 heavy (non-hydrogen) atoms.